The molecule has 2 nitrogen and oxygen atoms in total. The van der Waals surface area contributed by atoms with Crippen LogP contribution >= 0.6 is 0 Å². The second-order valence-electron chi connectivity index (χ2n) is 7.17. The van der Waals surface area contributed by atoms with Gasteiger partial charge in [0.15, 0.2) is 0 Å². The number of aliphatic hydroxyl groups is 1. The minimum Gasteiger partial charge on any atom is -0.394 e. The number of aryl methyl sites for hydroxylation is 4. The van der Waals surface area contributed by atoms with E-state index in [1.807, 2.05) is 0 Å². The molecule has 1 atom stereocenters. The first-order valence-corrected chi connectivity index (χ1v) is 8.50. The fourth-order valence-electron chi connectivity index (χ4n) is 4.16. The molecule has 3 rings (SSSR count). The number of benzene rings is 2. The molecule has 0 spiro atoms. The van der Waals surface area contributed by atoms with Crippen molar-refractivity contribution in [2.24, 2.45) is 0 Å². The molecule has 0 bridgehead atoms. The predicted molar refractivity (Wildman–Crippen MR) is 97.2 cm³/mol. The van der Waals surface area contributed by atoms with E-state index in [-0.39, 0.29) is 12.1 Å². The van der Waals surface area contributed by atoms with Crippen molar-refractivity contribution in [1.82, 2.24) is 0 Å². The van der Waals surface area contributed by atoms with E-state index in [2.05, 4.69) is 69.0 Å². The number of aliphatic hydroxyl groups excluding tert-OH is 1. The Hall–Kier alpha value is -1.80. The Labute approximate surface area is 139 Å². The lowest BCUT2D eigenvalue weighted by Gasteiger charge is -2.40. The second kappa shape index (κ2) is 6.01. The molecule has 0 aromatic heterocycles. The van der Waals surface area contributed by atoms with Crippen molar-refractivity contribution in [3.8, 4) is 0 Å². The molecule has 0 amide bonds. The zero-order valence-electron chi connectivity index (χ0n) is 14.7. The summed E-state index contributed by atoms with van der Waals surface area (Å²) in [4.78, 5) is 2.42. The van der Waals surface area contributed by atoms with Crippen LogP contribution in [0.15, 0.2) is 36.4 Å². The molecule has 1 fully saturated rings. The molecular formula is C21H27NO. The molecular weight excluding hydrogens is 282 g/mol. The topological polar surface area (TPSA) is 23.5 Å². The quantitative estimate of drug-likeness (QED) is 0.908. The highest BCUT2D eigenvalue weighted by atomic mass is 16.3. The first-order valence-electron chi connectivity index (χ1n) is 8.50. The Kier molecular flexibility index (Phi) is 4.20. The molecule has 2 aromatic carbocycles. The van der Waals surface area contributed by atoms with Crippen LogP contribution in [0.5, 0.6) is 0 Å². The van der Waals surface area contributed by atoms with Gasteiger partial charge in [-0.05, 0) is 69.4 Å². The van der Waals surface area contributed by atoms with Crippen molar-refractivity contribution in [1.29, 1.82) is 0 Å². The van der Waals surface area contributed by atoms with E-state index in [0.717, 1.165) is 19.4 Å². The molecule has 2 aromatic rings. The number of rotatable bonds is 3. The summed E-state index contributed by atoms with van der Waals surface area (Å²) < 4.78 is 0. The van der Waals surface area contributed by atoms with Gasteiger partial charge < -0.3 is 10.0 Å². The summed E-state index contributed by atoms with van der Waals surface area (Å²) in [5, 5.41) is 10.4. The molecule has 1 N–H and O–H groups in total. The van der Waals surface area contributed by atoms with E-state index in [9.17, 15) is 5.11 Å². The summed E-state index contributed by atoms with van der Waals surface area (Å²) in [5.41, 5.74) is 7.26. The summed E-state index contributed by atoms with van der Waals surface area (Å²) in [7, 11) is 0. The zero-order valence-corrected chi connectivity index (χ0v) is 14.7. The summed E-state index contributed by atoms with van der Waals surface area (Å²) in [5.74, 6) is 0. The Morgan fingerprint density at radius 2 is 1.39 bits per heavy atom. The van der Waals surface area contributed by atoms with Crippen LogP contribution in [0.3, 0.4) is 0 Å². The van der Waals surface area contributed by atoms with Crippen molar-refractivity contribution >= 4 is 5.69 Å². The van der Waals surface area contributed by atoms with Crippen LogP contribution in [0.25, 0.3) is 0 Å². The average Bonchev–Trinajstić information content (AvgIpc) is 2.90. The van der Waals surface area contributed by atoms with Gasteiger partial charge in [-0.15, -0.1) is 0 Å². The maximum atomic E-state index is 10.4. The Balaban J connectivity index is 2.12. The lowest BCUT2D eigenvalue weighted by atomic mass is 9.85. The number of hydrogen-bond acceptors (Lipinski definition) is 2. The summed E-state index contributed by atoms with van der Waals surface area (Å²) in [6.45, 7) is 9.71. The third kappa shape index (κ3) is 2.88. The maximum Gasteiger partial charge on any atom is 0.0884 e. The van der Waals surface area contributed by atoms with Crippen LogP contribution in [-0.4, -0.2) is 18.3 Å². The normalized spacial score (nSPS) is 21.0. The van der Waals surface area contributed by atoms with Gasteiger partial charge in [0.1, 0.15) is 0 Å². The predicted octanol–water partition coefficient (Wildman–Crippen LogP) is 4.41. The first-order chi connectivity index (χ1) is 10.9. The minimum absolute atomic E-state index is 0.156. The fourth-order valence-corrected chi connectivity index (χ4v) is 4.16. The Morgan fingerprint density at radius 1 is 0.870 bits per heavy atom. The van der Waals surface area contributed by atoms with Gasteiger partial charge in [0.05, 0.1) is 12.1 Å². The number of anilines is 1. The zero-order chi connectivity index (χ0) is 16.6. The first kappa shape index (κ1) is 16.1. The van der Waals surface area contributed by atoms with Crippen molar-refractivity contribution < 1.29 is 5.11 Å². The second-order valence-corrected chi connectivity index (χ2v) is 7.17. The third-order valence-corrected chi connectivity index (χ3v) is 5.03. The summed E-state index contributed by atoms with van der Waals surface area (Å²) in [6.07, 6.45) is 2.11. The maximum absolute atomic E-state index is 10.4. The molecule has 0 unspecified atom stereocenters. The van der Waals surface area contributed by atoms with Gasteiger partial charge in [-0.1, -0.05) is 35.4 Å². The highest BCUT2D eigenvalue weighted by Gasteiger charge is 2.42. The van der Waals surface area contributed by atoms with E-state index < -0.39 is 0 Å². The molecule has 1 aliphatic rings. The molecule has 23 heavy (non-hydrogen) atoms. The van der Waals surface area contributed by atoms with Gasteiger partial charge in [0, 0.05) is 12.2 Å². The highest BCUT2D eigenvalue weighted by Crippen LogP contribution is 2.42. The van der Waals surface area contributed by atoms with E-state index in [4.69, 9.17) is 0 Å². The van der Waals surface area contributed by atoms with Crippen LogP contribution in [-0.2, 0) is 5.54 Å². The molecule has 1 aliphatic heterocycles. The molecule has 1 saturated heterocycles. The van der Waals surface area contributed by atoms with Crippen LogP contribution in [0.1, 0.15) is 40.7 Å². The summed E-state index contributed by atoms with van der Waals surface area (Å²) >= 11 is 0. The van der Waals surface area contributed by atoms with Gasteiger partial charge >= 0.3 is 0 Å². The molecule has 122 valence electrons. The SMILES string of the molecule is Cc1cc(C)cc(N2CCC[C@@]2(CO)c2cc(C)cc(C)c2)c1. The van der Waals surface area contributed by atoms with E-state index in [0.29, 0.717) is 0 Å². The molecule has 0 saturated carbocycles. The van der Waals surface area contributed by atoms with Crippen molar-refractivity contribution in [3.63, 3.8) is 0 Å². The van der Waals surface area contributed by atoms with Crippen molar-refractivity contribution in [2.75, 3.05) is 18.1 Å². The largest absolute Gasteiger partial charge is 0.394 e. The van der Waals surface area contributed by atoms with E-state index in [1.165, 1.54) is 33.5 Å². The van der Waals surface area contributed by atoms with Gasteiger partial charge in [-0.25, -0.2) is 0 Å². The fraction of sp³-hybridized carbons (Fsp3) is 0.429. The molecule has 2 heteroatoms. The lowest BCUT2D eigenvalue weighted by molar-refractivity contribution is 0.197. The van der Waals surface area contributed by atoms with Crippen molar-refractivity contribution in [3.05, 3.63) is 64.2 Å². The van der Waals surface area contributed by atoms with Crippen LogP contribution in [0, 0.1) is 27.7 Å². The molecule has 1 heterocycles. The number of nitrogens with zero attached hydrogens (tertiary/aromatic N) is 1. The molecule has 0 aliphatic carbocycles. The average molecular weight is 309 g/mol. The summed E-state index contributed by atoms with van der Waals surface area (Å²) in [6, 6.07) is 13.4. The Bertz CT molecular complexity index is 681. The lowest BCUT2D eigenvalue weighted by Crippen LogP contribution is -2.44. The van der Waals surface area contributed by atoms with Gasteiger partial charge in [-0.3, -0.25) is 0 Å². The monoisotopic (exact) mass is 309 g/mol. The highest BCUT2D eigenvalue weighted by molar-refractivity contribution is 5.56. The Morgan fingerprint density at radius 3 is 1.91 bits per heavy atom. The van der Waals surface area contributed by atoms with E-state index in [1.54, 1.807) is 0 Å². The van der Waals surface area contributed by atoms with Crippen LogP contribution < -0.4 is 4.90 Å². The van der Waals surface area contributed by atoms with Crippen LogP contribution in [0.4, 0.5) is 5.69 Å². The van der Waals surface area contributed by atoms with Gasteiger partial charge in [0.2, 0.25) is 0 Å². The van der Waals surface area contributed by atoms with Gasteiger partial charge in [-0.2, -0.15) is 0 Å². The van der Waals surface area contributed by atoms with Crippen LogP contribution in [0.2, 0.25) is 0 Å². The number of hydrogen-bond donors (Lipinski definition) is 1. The van der Waals surface area contributed by atoms with Gasteiger partial charge in [0.25, 0.3) is 0 Å². The smallest absolute Gasteiger partial charge is 0.0884 e. The third-order valence-electron chi connectivity index (χ3n) is 5.03. The minimum atomic E-state index is -0.295. The standard InChI is InChI=1S/C21H27NO/c1-15-8-16(2)11-19(10-15)21(14-23)6-5-7-22(21)20-12-17(3)9-18(4)13-20/h8-13,23H,5-7,14H2,1-4H3/t21-/m1/s1. The molecule has 0 radical (unpaired) electrons. The van der Waals surface area contributed by atoms with E-state index >= 15 is 0 Å². The van der Waals surface area contributed by atoms with Crippen molar-refractivity contribution in [2.45, 2.75) is 46.1 Å².